The van der Waals surface area contributed by atoms with Crippen LogP contribution in [0.1, 0.15) is 11.4 Å². The van der Waals surface area contributed by atoms with Crippen LogP contribution in [0.5, 0.6) is 0 Å². The molecule has 2 N–H and O–H groups in total. The third-order valence-corrected chi connectivity index (χ3v) is 3.93. The van der Waals surface area contributed by atoms with Gasteiger partial charge in [0.2, 0.25) is 0 Å². The second kappa shape index (κ2) is 11.9. The zero-order valence-corrected chi connectivity index (χ0v) is 15.2. The molecule has 0 unspecified atom stereocenters. The number of likely N-dealkylation sites (N-methyl/N-ethyl adjacent to an activating group) is 1. The van der Waals surface area contributed by atoms with Gasteiger partial charge in [0.25, 0.3) is 0 Å². The summed E-state index contributed by atoms with van der Waals surface area (Å²) in [5.74, 6) is -1.77. The van der Waals surface area contributed by atoms with Crippen molar-refractivity contribution in [2.75, 3.05) is 46.3 Å². The monoisotopic (exact) mass is 380 g/mol. The van der Waals surface area contributed by atoms with Gasteiger partial charge >= 0.3 is 18.1 Å². The molecule has 0 aromatic carbocycles. The van der Waals surface area contributed by atoms with Crippen LogP contribution in [0.15, 0.2) is 18.2 Å². The van der Waals surface area contributed by atoms with Gasteiger partial charge in [-0.2, -0.15) is 9.59 Å². The summed E-state index contributed by atoms with van der Waals surface area (Å²) >= 11 is 0. The zero-order chi connectivity index (χ0) is 20.2. The third-order valence-electron chi connectivity index (χ3n) is 3.93. The van der Waals surface area contributed by atoms with Gasteiger partial charge in [-0.15, -0.1) is 0 Å². The summed E-state index contributed by atoms with van der Waals surface area (Å²) in [6.45, 7) is 3.30. The van der Waals surface area contributed by atoms with E-state index in [-0.39, 0.29) is 19.2 Å². The molecule has 1 aliphatic rings. The van der Waals surface area contributed by atoms with Crippen molar-refractivity contribution in [1.82, 2.24) is 19.7 Å². The lowest BCUT2D eigenvalue weighted by Crippen LogP contribution is -2.42. The predicted octanol–water partition coefficient (Wildman–Crippen LogP) is -0.783. The highest BCUT2D eigenvalue weighted by molar-refractivity contribution is 5.69. The maximum atomic E-state index is 11.1. The first-order chi connectivity index (χ1) is 12.8. The lowest BCUT2D eigenvalue weighted by atomic mass is 10.2. The molecule has 2 heterocycles. The van der Waals surface area contributed by atoms with Crippen LogP contribution in [0.4, 0.5) is 0 Å². The van der Waals surface area contributed by atoms with Crippen LogP contribution in [0, 0.1) is 0 Å². The molecule has 148 valence electrons. The van der Waals surface area contributed by atoms with Crippen LogP contribution in [0.2, 0.25) is 0 Å². The summed E-state index contributed by atoms with van der Waals surface area (Å²) in [5, 5.41) is 18.2. The topological polar surface area (TPSA) is 131 Å². The Hall–Kier alpha value is -2.65. The average Bonchev–Trinajstić information content (AvgIpc) is 2.56. The molecule has 0 atom stereocenters. The summed E-state index contributed by atoms with van der Waals surface area (Å²) < 4.78 is 0. The minimum absolute atomic E-state index is 0.0434. The van der Waals surface area contributed by atoms with Crippen molar-refractivity contribution in [1.29, 1.82) is 0 Å². The van der Waals surface area contributed by atoms with Crippen molar-refractivity contribution in [3.8, 4) is 0 Å². The lowest BCUT2D eigenvalue weighted by Gasteiger charge is -2.28. The number of carboxylic acid groups (broad SMARTS) is 2. The maximum Gasteiger partial charge on any atom is 0.373 e. The smallest absolute Gasteiger partial charge is 0.373 e. The minimum Gasteiger partial charge on any atom is -0.480 e. The van der Waals surface area contributed by atoms with Gasteiger partial charge in [-0.25, -0.2) is 0 Å². The van der Waals surface area contributed by atoms with Crippen LogP contribution >= 0.6 is 0 Å². The number of carbonyl (C=O) groups is 2. The molecule has 0 saturated carbocycles. The van der Waals surface area contributed by atoms with Crippen LogP contribution < -0.4 is 0 Å². The van der Waals surface area contributed by atoms with Crippen LogP contribution in [0.25, 0.3) is 0 Å². The second-order valence-corrected chi connectivity index (χ2v) is 6.22. The van der Waals surface area contributed by atoms with E-state index in [1.807, 2.05) is 30.1 Å². The molecule has 0 aliphatic carbocycles. The number of hydrogen-bond acceptors (Lipinski definition) is 8. The van der Waals surface area contributed by atoms with E-state index in [0.717, 1.165) is 17.9 Å². The first-order valence-electron chi connectivity index (χ1n) is 8.35. The number of carbonyl (C=O) groups excluding carboxylic acids is 2. The van der Waals surface area contributed by atoms with E-state index in [1.165, 1.54) is 0 Å². The maximum absolute atomic E-state index is 11.1. The molecule has 1 aromatic heterocycles. The molecule has 0 fully saturated rings. The van der Waals surface area contributed by atoms with Crippen molar-refractivity contribution < 1.29 is 29.4 Å². The normalized spacial score (nSPS) is 16.8. The molecule has 2 rings (SSSR count). The van der Waals surface area contributed by atoms with Gasteiger partial charge in [0.1, 0.15) is 0 Å². The molecule has 2 bridgehead atoms. The highest BCUT2D eigenvalue weighted by Crippen LogP contribution is 2.08. The number of pyridine rings is 1. The predicted molar refractivity (Wildman–Crippen MR) is 92.6 cm³/mol. The summed E-state index contributed by atoms with van der Waals surface area (Å²) in [6.07, 6.45) is 0.250. The molecular weight excluding hydrogens is 356 g/mol. The molecule has 0 radical (unpaired) electrons. The number of rotatable bonds is 4. The molecule has 0 spiro atoms. The Balaban J connectivity index is 0.00000114. The fourth-order valence-corrected chi connectivity index (χ4v) is 2.75. The lowest BCUT2D eigenvalue weighted by molar-refractivity contribution is -0.191. The third kappa shape index (κ3) is 9.57. The Labute approximate surface area is 157 Å². The van der Waals surface area contributed by atoms with Gasteiger partial charge in [0.05, 0.1) is 24.5 Å². The van der Waals surface area contributed by atoms with Crippen molar-refractivity contribution >= 4 is 18.1 Å². The molecule has 10 heteroatoms. The van der Waals surface area contributed by atoms with Crippen molar-refractivity contribution in [3.05, 3.63) is 29.6 Å². The van der Waals surface area contributed by atoms with Gasteiger partial charge in [-0.05, 0) is 19.2 Å². The molecule has 27 heavy (non-hydrogen) atoms. The van der Waals surface area contributed by atoms with Crippen molar-refractivity contribution in [2.45, 2.75) is 13.1 Å². The van der Waals surface area contributed by atoms with Gasteiger partial charge in [-0.1, -0.05) is 6.07 Å². The zero-order valence-electron chi connectivity index (χ0n) is 15.2. The van der Waals surface area contributed by atoms with Crippen LogP contribution in [-0.4, -0.2) is 94.3 Å². The Kier molecular flexibility index (Phi) is 9.84. The molecule has 0 amide bonds. The van der Waals surface area contributed by atoms with E-state index in [0.29, 0.717) is 32.7 Å². The first kappa shape index (κ1) is 22.4. The number of nitrogens with zero attached hydrogens (tertiary/aromatic N) is 4. The Bertz CT molecular complexity index is 663. The Morgan fingerprint density at radius 1 is 0.963 bits per heavy atom. The molecule has 10 nitrogen and oxygen atoms in total. The van der Waals surface area contributed by atoms with E-state index in [4.69, 9.17) is 19.8 Å². The Morgan fingerprint density at radius 3 is 2.04 bits per heavy atom. The van der Waals surface area contributed by atoms with Crippen LogP contribution in [0.3, 0.4) is 0 Å². The average molecular weight is 380 g/mol. The van der Waals surface area contributed by atoms with Gasteiger partial charge < -0.3 is 10.2 Å². The largest absolute Gasteiger partial charge is 0.480 e. The fourth-order valence-electron chi connectivity index (χ4n) is 2.75. The number of fused-ring (bicyclic) bond motifs is 2. The minimum atomic E-state index is -0.900. The molecule has 1 aromatic rings. The highest BCUT2D eigenvalue weighted by atomic mass is 16.4. The van der Waals surface area contributed by atoms with Crippen molar-refractivity contribution in [3.63, 3.8) is 0 Å². The summed E-state index contributed by atoms with van der Waals surface area (Å²) in [6, 6.07) is 5.77. The van der Waals surface area contributed by atoms with Gasteiger partial charge in [-0.3, -0.25) is 29.3 Å². The SMILES string of the molecule is CN1CCN(CC(=O)O)CCN(CC(=O)O)Cc2cccc(n2)C1.O=C=O. The second-order valence-electron chi connectivity index (χ2n) is 6.22. The van der Waals surface area contributed by atoms with Crippen LogP contribution in [-0.2, 0) is 32.3 Å². The summed E-state index contributed by atoms with van der Waals surface area (Å²) in [4.78, 5) is 48.7. The summed E-state index contributed by atoms with van der Waals surface area (Å²) in [5.41, 5.74) is 1.75. The van der Waals surface area contributed by atoms with E-state index in [2.05, 4.69) is 9.88 Å². The highest BCUT2D eigenvalue weighted by Gasteiger charge is 2.17. The molecule has 1 aliphatic heterocycles. The summed E-state index contributed by atoms with van der Waals surface area (Å²) in [7, 11) is 1.98. The van der Waals surface area contributed by atoms with E-state index in [9.17, 15) is 9.59 Å². The van der Waals surface area contributed by atoms with Gasteiger partial charge in [0, 0.05) is 39.3 Å². The van der Waals surface area contributed by atoms with E-state index < -0.39 is 11.9 Å². The molecule has 0 saturated heterocycles. The quantitative estimate of drug-likeness (QED) is 0.685. The van der Waals surface area contributed by atoms with E-state index in [1.54, 1.807) is 4.90 Å². The molecular formula is C17H24N4O6. The fraction of sp³-hybridized carbons (Fsp3) is 0.529. The van der Waals surface area contributed by atoms with Crippen molar-refractivity contribution in [2.24, 2.45) is 0 Å². The standard InChI is InChI=1S/C16H24N4O4.CO2/c1-18-5-6-19(11-15(21)22)7-8-20(12-16(23)24)10-14-4-2-3-13(9-18)17-14;2-1-3/h2-4H,5-12H2,1H3,(H,21,22)(H,23,24);. The number of carboxylic acids is 2. The Morgan fingerprint density at radius 2 is 1.44 bits per heavy atom. The first-order valence-corrected chi connectivity index (χ1v) is 8.35. The number of aromatic nitrogens is 1. The van der Waals surface area contributed by atoms with E-state index >= 15 is 0 Å². The number of hydrogen-bond donors (Lipinski definition) is 2. The number of aliphatic carboxylic acids is 2. The van der Waals surface area contributed by atoms with Gasteiger partial charge in [0.15, 0.2) is 0 Å².